The van der Waals surface area contributed by atoms with Crippen molar-refractivity contribution in [3.63, 3.8) is 0 Å². The fraction of sp³-hybridized carbons (Fsp3) is 0.118. The lowest BCUT2D eigenvalue weighted by Gasteiger charge is -2.07. The molecule has 0 aliphatic carbocycles. The molecular formula is C17H14BrNOS. The van der Waals surface area contributed by atoms with Crippen LogP contribution in [0.5, 0.6) is 5.75 Å². The zero-order valence-corrected chi connectivity index (χ0v) is 13.9. The summed E-state index contributed by atoms with van der Waals surface area (Å²) in [5, 5.41) is 3.07. The Kier molecular flexibility index (Phi) is 4.36. The van der Waals surface area contributed by atoms with Crippen molar-refractivity contribution in [1.82, 2.24) is 4.98 Å². The third-order valence-corrected chi connectivity index (χ3v) is 4.47. The molecular weight excluding hydrogens is 346 g/mol. The largest absolute Gasteiger partial charge is 0.493 e. The van der Waals surface area contributed by atoms with Crippen LogP contribution in [0.1, 0.15) is 6.92 Å². The van der Waals surface area contributed by atoms with E-state index in [1.165, 1.54) is 0 Å². The van der Waals surface area contributed by atoms with E-state index in [-0.39, 0.29) is 0 Å². The van der Waals surface area contributed by atoms with Crippen molar-refractivity contribution >= 4 is 27.3 Å². The van der Waals surface area contributed by atoms with E-state index in [0.29, 0.717) is 6.61 Å². The first-order valence-electron chi connectivity index (χ1n) is 6.71. The van der Waals surface area contributed by atoms with Gasteiger partial charge in [-0.05, 0) is 31.2 Å². The quantitative estimate of drug-likeness (QED) is 0.601. The maximum atomic E-state index is 5.68. The first kappa shape index (κ1) is 14.3. The smallest absolute Gasteiger partial charge is 0.129 e. The molecule has 2 aromatic carbocycles. The van der Waals surface area contributed by atoms with Gasteiger partial charge in [0.1, 0.15) is 10.8 Å². The number of benzene rings is 2. The number of thiazole rings is 1. The van der Waals surface area contributed by atoms with Crippen molar-refractivity contribution in [3.8, 4) is 27.6 Å². The lowest BCUT2D eigenvalue weighted by Crippen LogP contribution is -1.93. The second-order valence-corrected chi connectivity index (χ2v) is 6.25. The predicted molar refractivity (Wildman–Crippen MR) is 91.9 cm³/mol. The van der Waals surface area contributed by atoms with Crippen molar-refractivity contribution in [2.45, 2.75) is 6.92 Å². The summed E-state index contributed by atoms with van der Waals surface area (Å²) in [5.74, 6) is 0.886. The van der Waals surface area contributed by atoms with Gasteiger partial charge in [-0.1, -0.05) is 40.2 Å². The fourth-order valence-electron chi connectivity index (χ4n) is 2.08. The van der Waals surface area contributed by atoms with Gasteiger partial charge in [0, 0.05) is 15.4 Å². The average molecular weight is 360 g/mol. The summed E-state index contributed by atoms with van der Waals surface area (Å²) in [6.07, 6.45) is 0. The number of halogens is 1. The molecule has 0 aliphatic heterocycles. The summed E-state index contributed by atoms with van der Waals surface area (Å²) >= 11 is 5.09. The molecule has 0 fully saturated rings. The van der Waals surface area contributed by atoms with Crippen LogP contribution < -0.4 is 4.74 Å². The van der Waals surface area contributed by atoms with Crippen LogP contribution in [0.2, 0.25) is 0 Å². The minimum Gasteiger partial charge on any atom is -0.493 e. The molecule has 4 heteroatoms. The molecule has 1 aromatic heterocycles. The summed E-state index contributed by atoms with van der Waals surface area (Å²) in [6.45, 7) is 2.65. The monoisotopic (exact) mass is 359 g/mol. The van der Waals surface area contributed by atoms with Crippen LogP contribution in [-0.2, 0) is 0 Å². The first-order valence-corrected chi connectivity index (χ1v) is 8.39. The Balaban J connectivity index is 1.97. The normalized spacial score (nSPS) is 10.6. The van der Waals surface area contributed by atoms with Crippen LogP contribution in [0.15, 0.2) is 58.4 Å². The highest BCUT2D eigenvalue weighted by Crippen LogP contribution is 2.34. The number of ether oxygens (including phenoxy) is 1. The third kappa shape index (κ3) is 3.17. The summed E-state index contributed by atoms with van der Waals surface area (Å²) in [7, 11) is 0. The van der Waals surface area contributed by atoms with E-state index in [9.17, 15) is 0 Å². The number of hydrogen-bond donors (Lipinski definition) is 0. The zero-order valence-electron chi connectivity index (χ0n) is 11.5. The molecule has 0 radical (unpaired) electrons. The number of hydrogen-bond acceptors (Lipinski definition) is 3. The van der Waals surface area contributed by atoms with Gasteiger partial charge in [0.05, 0.1) is 17.9 Å². The summed E-state index contributed by atoms with van der Waals surface area (Å²) in [5.41, 5.74) is 3.16. The first-order chi connectivity index (χ1) is 10.3. The van der Waals surface area contributed by atoms with Gasteiger partial charge in [-0.15, -0.1) is 11.3 Å². The molecule has 1 heterocycles. The van der Waals surface area contributed by atoms with Crippen LogP contribution in [-0.4, -0.2) is 11.6 Å². The van der Waals surface area contributed by atoms with E-state index in [1.54, 1.807) is 11.3 Å². The molecule has 3 rings (SSSR count). The molecule has 0 atom stereocenters. The Morgan fingerprint density at radius 3 is 2.62 bits per heavy atom. The summed E-state index contributed by atoms with van der Waals surface area (Å²) in [4.78, 5) is 4.75. The van der Waals surface area contributed by atoms with Gasteiger partial charge in [-0.25, -0.2) is 4.98 Å². The highest BCUT2D eigenvalue weighted by molar-refractivity contribution is 9.10. The van der Waals surface area contributed by atoms with E-state index < -0.39 is 0 Å². The maximum Gasteiger partial charge on any atom is 0.129 e. The Morgan fingerprint density at radius 1 is 1.10 bits per heavy atom. The highest BCUT2D eigenvalue weighted by Gasteiger charge is 2.11. The van der Waals surface area contributed by atoms with E-state index in [1.807, 2.05) is 37.3 Å². The number of para-hydroxylation sites is 1. The molecule has 0 amide bonds. The molecule has 3 aromatic rings. The molecule has 0 aliphatic rings. The van der Waals surface area contributed by atoms with Crippen molar-refractivity contribution < 1.29 is 4.74 Å². The van der Waals surface area contributed by atoms with Gasteiger partial charge in [-0.3, -0.25) is 0 Å². The molecule has 0 N–H and O–H groups in total. The number of aromatic nitrogens is 1. The predicted octanol–water partition coefficient (Wildman–Crippen LogP) is 5.64. The maximum absolute atomic E-state index is 5.68. The van der Waals surface area contributed by atoms with Crippen LogP contribution in [0.25, 0.3) is 21.8 Å². The van der Waals surface area contributed by atoms with Crippen molar-refractivity contribution in [1.29, 1.82) is 0 Å². The van der Waals surface area contributed by atoms with Crippen LogP contribution >= 0.6 is 27.3 Å². The van der Waals surface area contributed by atoms with Gasteiger partial charge in [0.15, 0.2) is 0 Å². The molecule has 106 valence electrons. The molecule has 0 bridgehead atoms. The molecule has 21 heavy (non-hydrogen) atoms. The second-order valence-electron chi connectivity index (χ2n) is 4.47. The topological polar surface area (TPSA) is 22.1 Å². The van der Waals surface area contributed by atoms with E-state index in [2.05, 4.69) is 39.5 Å². The minimum absolute atomic E-state index is 0.655. The van der Waals surface area contributed by atoms with Gasteiger partial charge < -0.3 is 4.74 Å². The molecule has 0 saturated heterocycles. The lowest BCUT2D eigenvalue weighted by molar-refractivity contribution is 0.341. The molecule has 0 unspecified atom stereocenters. The van der Waals surface area contributed by atoms with Crippen molar-refractivity contribution in [2.75, 3.05) is 6.61 Å². The van der Waals surface area contributed by atoms with E-state index in [4.69, 9.17) is 9.72 Å². The van der Waals surface area contributed by atoms with Crippen molar-refractivity contribution in [2.24, 2.45) is 0 Å². The van der Waals surface area contributed by atoms with Gasteiger partial charge in [0.2, 0.25) is 0 Å². The number of nitrogens with zero attached hydrogens (tertiary/aromatic N) is 1. The Bertz CT molecular complexity index is 737. The van der Waals surface area contributed by atoms with E-state index in [0.717, 1.165) is 32.1 Å². The van der Waals surface area contributed by atoms with E-state index >= 15 is 0 Å². The van der Waals surface area contributed by atoms with Crippen LogP contribution in [0, 0.1) is 0 Å². The Labute approximate surface area is 136 Å². The average Bonchev–Trinajstić information content (AvgIpc) is 2.99. The zero-order chi connectivity index (χ0) is 14.7. The molecule has 2 nitrogen and oxygen atoms in total. The Morgan fingerprint density at radius 2 is 1.86 bits per heavy atom. The summed E-state index contributed by atoms with van der Waals surface area (Å²) in [6, 6.07) is 16.2. The third-order valence-electron chi connectivity index (χ3n) is 3.06. The van der Waals surface area contributed by atoms with Crippen molar-refractivity contribution in [3.05, 3.63) is 58.4 Å². The summed E-state index contributed by atoms with van der Waals surface area (Å²) < 4.78 is 6.76. The lowest BCUT2D eigenvalue weighted by atomic mass is 10.2. The molecule has 0 spiro atoms. The van der Waals surface area contributed by atoms with Gasteiger partial charge in [-0.2, -0.15) is 0 Å². The number of rotatable bonds is 4. The Hall–Kier alpha value is -1.65. The van der Waals surface area contributed by atoms with Crippen LogP contribution in [0.4, 0.5) is 0 Å². The van der Waals surface area contributed by atoms with Gasteiger partial charge >= 0.3 is 0 Å². The SMILES string of the molecule is CCOc1ccccc1-c1nc(-c2ccc(Br)cc2)cs1. The van der Waals surface area contributed by atoms with Gasteiger partial charge in [0.25, 0.3) is 0 Å². The minimum atomic E-state index is 0.655. The second kappa shape index (κ2) is 6.41. The standard InChI is InChI=1S/C17H14BrNOS/c1-2-20-16-6-4-3-5-14(16)17-19-15(11-21-17)12-7-9-13(18)10-8-12/h3-11H,2H2,1H3. The van der Waals surface area contributed by atoms with Crippen LogP contribution in [0.3, 0.4) is 0 Å². The molecule has 0 saturated carbocycles. The fourth-order valence-corrected chi connectivity index (χ4v) is 3.20. The highest BCUT2D eigenvalue weighted by atomic mass is 79.9.